The molecule has 7 atom stereocenters. The molecule has 0 aliphatic carbocycles. The first-order chi connectivity index (χ1) is 14.2. The fraction of sp³-hybridized carbons (Fsp3) is 0.500. The summed E-state index contributed by atoms with van der Waals surface area (Å²) in [5.41, 5.74) is 0.535. The fourth-order valence-corrected chi connectivity index (χ4v) is 5.63. The number of H-pyrrole nitrogens is 1. The van der Waals surface area contributed by atoms with Crippen molar-refractivity contribution in [1.82, 2.24) is 19.9 Å². The lowest BCUT2D eigenvalue weighted by Crippen LogP contribution is -2.39. The second-order valence-electron chi connectivity index (χ2n) is 5.97. The third-order valence-corrected chi connectivity index (χ3v) is 7.50. The molecular weight excluding hydrogens is 493 g/mol. The third kappa shape index (κ3) is 5.98. The average Bonchev–Trinajstić information content (AvgIpc) is 3.12. The molecule has 1 aliphatic heterocycles. The van der Waals surface area contributed by atoms with Crippen molar-refractivity contribution in [3.63, 3.8) is 0 Å². The molecule has 3 rings (SSSR count). The molecule has 1 aliphatic rings. The van der Waals surface area contributed by atoms with Crippen LogP contribution >= 0.6 is 23.5 Å². The number of nitrogens with zero attached hydrogens (tertiary/aromatic N) is 3. The van der Waals surface area contributed by atoms with Gasteiger partial charge in [-0.05, 0) is 0 Å². The van der Waals surface area contributed by atoms with Crippen LogP contribution in [0.5, 0.6) is 0 Å². The van der Waals surface area contributed by atoms with Crippen LogP contribution in [0, 0.1) is 0 Å². The number of aromatic amines is 1. The van der Waals surface area contributed by atoms with Crippen molar-refractivity contribution < 1.29 is 66.5 Å². The average molecular weight is 508 g/mol. The van der Waals surface area contributed by atoms with Gasteiger partial charge in [0.25, 0.3) is 0 Å². The van der Waals surface area contributed by atoms with Crippen LogP contribution in [0.3, 0.4) is 0 Å². The van der Waals surface area contributed by atoms with Gasteiger partial charge < -0.3 is 44.6 Å². The van der Waals surface area contributed by atoms with Crippen molar-refractivity contribution >= 4 is 34.6 Å². The monoisotopic (exact) mass is 508 g/mol. The lowest BCUT2D eigenvalue weighted by molar-refractivity contribution is -0.154. The molecule has 2 aromatic heterocycles. The molecule has 8 N–H and O–H groups in total. The Kier molecular flexibility index (Phi) is 6.80. The molecule has 0 spiro atoms. The van der Waals surface area contributed by atoms with E-state index >= 15 is 0 Å². The van der Waals surface area contributed by atoms with Crippen LogP contribution in [0.25, 0.3) is 11.2 Å². The van der Waals surface area contributed by atoms with Crippen LogP contribution in [-0.2, 0) is 31.6 Å². The van der Waals surface area contributed by atoms with Gasteiger partial charge in [-0.1, -0.05) is 0 Å². The predicted molar refractivity (Wildman–Crippen MR) is 92.3 cm³/mol. The topological polar surface area (TPSA) is 284 Å². The number of aliphatic hydroxyl groups excluding tert-OH is 3. The van der Waals surface area contributed by atoms with E-state index < -0.39 is 54.2 Å². The first kappa shape index (κ1) is 24.4. The fourth-order valence-electron chi connectivity index (χ4n) is 2.58. The molecule has 3 heterocycles. The van der Waals surface area contributed by atoms with E-state index in [4.69, 9.17) is 19.4 Å². The van der Waals surface area contributed by atoms with Gasteiger partial charge in [0.05, 0.1) is 6.20 Å². The highest BCUT2D eigenvalue weighted by Gasteiger charge is 2.51. The lowest BCUT2D eigenvalue weighted by atomic mass is 10.1. The van der Waals surface area contributed by atoms with Crippen molar-refractivity contribution in [3.8, 4) is 0 Å². The summed E-state index contributed by atoms with van der Waals surface area (Å²) in [4.78, 5) is 49.8. The number of imidazole rings is 1. The molecule has 1 fully saturated rings. The Balaban J connectivity index is 1.71. The third-order valence-electron chi connectivity index (χ3n) is 3.69. The summed E-state index contributed by atoms with van der Waals surface area (Å²) in [5, 5.41) is 30.2. The number of phosphoric ester groups is 1. The van der Waals surface area contributed by atoms with Crippen molar-refractivity contribution in [1.29, 1.82) is 0 Å². The van der Waals surface area contributed by atoms with Crippen LogP contribution < -0.4 is 0 Å². The van der Waals surface area contributed by atoms with Gasteiger partial charge in [0.2, 0.25) is 0 Å². The number of ether oxygens (including phenoxy) is 1. The van der Waals surface area contributed by atoms with E-state index in [0.29, 0.717) is 5.52 Å². The summed E-state index contributed by atoms with van der Waals surface area (Å²) in [7, 11) is -17.1. The largest absolute Gasteiger partial charge is 0.490 e. The minimum Gasteiger partial charge on any atom is -0.387 e. The molecule has 0 saturated carbocycles. The zero-order valence-corrected chi connectivity index (χ0v) is 17.4. The van der Waals surface area contributed by atoms with Gasteiger partial charge in [0.1, 0.15) is 42.1 Å². The molecule has 31 heavy (non-hydrogen) atoms. The number of aromatic nitrogens is 4. The number of phosphoric acid groups is 3. The van der Waals surface area contributed by atoms with E-state index in [9.17, 15) is 33.9 Å². The summed E-state index contributed by atoms with van der Waals surface area (Å²) in [6.07, 6.45) is -6.91. The zero-order chi connectivity index (χ0) is 23.2. The van der Waals surface area contributed by atoms with E-state index in [-0.39, 0.29) is 11.5 Å². The molecule has 0 radical (unpaired) electrons. The molecular formula is C10H15N4O14P3. The van der Waals surface area contributed by atoms with E-state index in [1.165, 1.54) is 12.5 Å². The maximum Gasteiger partial charge on any atom is 0.490 e. The van der Waals surface area contributed by atoms with Crippen molar-refractivity contribution in [2.24, 2.45) is 0 Å². The molecule has 0 aromatic carbocycles. The highest BCUT2D eigenvalue weighted by atomic mass is 31.3. The summed E-state index contributed by atoms with van der Waals surface area (Å²) in [6, 6.07) is 0. The SMILES string of the molecule is O=P(O)(O)OP(=O)(O)OP(=O)(O)OC(O)[C@H]1OC(c2nc3ncncc3[nH]2)[C@H](O)[C@@H]1O. The lowest BCUT2D eigenvalue weighted by Gasteiger charge is -2.23. The van der Waals surface area contributed by atoms with E-state index in [1.54, 1.807) is 0 Å². The Morgan fingerprint density at radius 3 is 2.35 bits per heavy atom. The van der Waals surface area contributed by atoms with Crippen LogP contribution in [0.4, 0.5) is 0 Å². The van der Waals surface area contributed by atoms with E-state index in [1.807, 2.05) is 0 Å². The maximum atomic E-state index is 11.8. The maximum absolute atomic E-state index is 11.8. The highest BCUT2D eigenvalue weighted by Crippen LogP contribution is 2.66. The minimum atomic E-state index is -5.82. The van der Waals surface area contributed by atoms with Gasteiger partial charge in [-0.2, -0.15) is 8.62 Å². The van der Waals surface area contributed by atoms with Crippen molar-refractivity contribution in [2.45, 2.75) is 30.7 Å². The molecule has 0 bridgehead atoms. The Morgan fingerprint density at radius 2 is 1.74 bits per heavy atom. The number of aliphatic hydroxyl groups is 3. The van der Waals surface area contributed by atoms with Crippen LogP contribution in [0.1, 0.15) is 11.9 Å². The van der Waals surface area contributed by atoms with Crippen LogP contribution in [-0.4, -0.2) is 79.4 Å². The second kappa shape index (κ2) is 8.62. The van der Waals surface area contributed by atoms with Crippen molar-refractivity contribution in [3.05, 3.63) is 18.3 Å². The van der Waals surface area contributed by atoms with Gasteiger partial charge in [-0.3, -0.25) is 4.52 Å². The zero-order valence-electron chi connectivity index (χ0n) is 14.7. The summed E-state index contributed by atoms with van der Waals surface area (Å²) in [5.74, 6) is -0.0462. The molecule has 21 heteroatoms. The molecule has 2 aromatic rings. The van der Waals surface area contributed by atoms with E-state index in [0.717, 1.165) is 0 Å². The predicted octanol–water partition coefficient (Wildman–Crippen LogP) is -1.82. The molecule has 0 amide bonds. The van der Waals surface area contributed by atoms with Crippen molar-refractivity contribution in [2.75, 3.05) is 0 Å². The second-order valence-corrected chi connectivity index (χ2v) is 10.3. The number of hydrogen-bond acceptors (Lipinski definition) is 13. The number of nitrogens with one attached hydrogen (secondary N) is 1. The molecule has 18 nitrogen and oxygen atoms in total. The van der Waals surface area contributed by atoms with Gasteiger partial charge in [-0.25, -0.2) is 28.6 Å². The number of hydrogen-bond donors (Lipinski definition) is 8. The highest BCUT2D eigenvalue weighted by molar-refractivity contribution is 7.66. The molecule has 1 saturated heterocycles. The quantitative estimate of drug-likeness (QED) is 0.144. The molecule has 4 unspecified atom stereocenters. The molecule has 174 valence electrons. The van der Waals surface area contributed by atoms with Crippen LogP contribution in [0.2, 0.25) is 0 Å². The van der Waals surface area contributed by atoms with Gasteiger partial charge in [0, 0.05) is 0 Å². The summed E-state index contributed by atoms with van der Waals surface area (Å²) < 4.78 is 50.1. The Labute approximate surface area is 170 Å². The standard InChI is InChI=1S/C10H15N4O14P3/c15-4-5(16)7(25-6(4)9-13-3-1-11-2-12-8(3)14-9)10(17)26-30(21,22)28-31(23,24)27-29(18,19)20/h1-2,4-7,10,15-17H,(H,21,22)(H,23,24)(H2,18,19,20)(H,11,12,13,14)/t4-,5+,6?,7+,10?/m1/s1. The number of rotatable bonds is 8. The Hall–Kier alpha value is -1.20. The van der Waals surface area contributed by atoms with Gasteiger partial charge >= 0.3 is 23.5 Å². The smallest absolute Gasteiger partial charge is 0.387 e. The first-order valence-corrected chi connectivity index (χ1v) is 12.4. The Morgan fingerprint density at radius 1 is 1.06 bits per heavy atom. The number of fused-ring (bicyclic) bond motifs is 1. The normalized spacial score (nSPS) is 29.5. The van der Waals surface area contributed by atoms with Gasteiger partial charge in [0.15, 0.2) is 11.9 Å². The van der Waals surface area contributed by atoms with Crippen LogP contribution in [0.15, 0.2) is 12.5 Å². The van der Waals surface area contributed by atoms with E-state index in [2.05, 4.69) is 33.1 Å². The Bertz CT molecular complexity index is 1060. The first-order valence-electron chi connectivity index (χ1n) is 7.85. The minimum absolute atomic E-state index is 0.0462. The summed E-state index contributed by atoms with van der Waals surface area (Å²) >= 11 is 0. The summed E-state index contributed by atoms with van der Waals surface area (Å²) in [6.45, 7) is 0. The van der Waals surface area contributed by atoms with Gasteiger partial charge in [-0.15, -0.1) is 0 Å².